The molecule has 0 bridgehead atoms. The van der Waals surface area contributed by atoms with Gasteiger partial charge in [-0.3, -0.25) is 4.79 Å². The van der Waals surface area contributed by atoms with Crippen LogP contribution in [0.1, 0.15) is 5.56 Å². The third-order valence-corrected chi connectivity index (χ3v) is 1.57. The van der Waals surface area contributed by atoms with E-state index in [1.807, 2.05) is 6.92 Å². The number of benzene rings is 1. The van der Waals surface area contributed by atoms with Crippen molar-refractivity contribution >= 4 is 11.6 Å². The van der Waals surface area contributed by atoms with Gasteiger partial charge >= 0.3 is 0 Å². The molecule has 0 heterocycles. The molecule has 0 unspecified atom stereocenters. The van der Waals surface area contributed by atoms with Crippen LogP contribution in [-0.4, -0.2) is 12.5 Å². The van der Waals surface area contributed by atoms with Crippen molar-refractivity contribution in [2.75, 3.05) is 11.9 Å². The average Bonchev–Trinajstić information content (AvgIpc) is 2.06. The molecular weight excluding hydrogens is 171 g/mol. The highest BCUT2D eigenvalue weighted by molar-refractivity contribution is 5.78. The van der Waals surface area contributed by atoms with E-state index >= 15 is 0 Å². The third kappa shape index (κ3) is 2.74. The summed E-state index contributed by atoms with van der Waals surface area (Å²) >= 11 is 0. The van der Waals surface area contributed by atoms with E-state index in [-0.39, 0.29) is 12.4 Å². The lowest BCUT2D eigenvalue weighted by molar-refractivity contribution is -0.116. The second-order valence-electron chi connectivity index (χ2n) is 2.80. The predicted octanol–water partition coefficient (Wildman–Crippen LogP) is 1.03. The summed E-state index contributed by atoms with van der Waals surface area (Å²) in [5.74, 6) is -0.896. The van der Waals surface area contributed by atoms with Crippen molar-refractivity contribution in [1.82, 2.24) is 0 Å². The minimum atomic E-state index is -0.513. The van der Waals surface area contributed by atoms with Crippen LogP contribution in [-0.2, 0) is 4.79 Å². The summed E-state index contributed by atoms with van der Waals surface area (Å²) in [6, 6.07) is 4.63. The molecule has 4 heteroatoms. The van der Waals surface area contributed by atoms with Gasteiger partial charge in [0.05, 0.1) is 12.2 Å². The SMILES string of the molecule is Cc1ccc(F)c(NCC(N)=O)c1. The summed E-state index contributed by atoms with van der Waals surface area (Å²) < 4.78 is 13.0. The second kappa shape index (κ2) is 3.89. The van der Waals surface area contributed by atoms with Gasteiger partial charge in [-0.25, -0.2) is 4.39 Å². The zero-order valence-corrected chi connectivity index (χ0v) is 7.30. The summed E-state index contributed by atoms with van der Waals surface area (Å²) in [4.78, 5) is 10.4. The molecule has 3 nitrogen and oxygen atoms in total. The van der Waals surface area contributed by atoms with Crippen molar-refractivity contribution in [3.63, 3.8) is 0 Å². The Labute approximate surface area is 75.7 Å². The Hall–Kier alpha value is -1.58. The van der Waals surface area contributed by atoms with E-state index in [2.05, 4.69) is 5.32 Å². The van der Waals surface area contributed by atoms with Crippen LogP contribution in [0.3, 0.4) is 0 Å². The summed E-state index contributed by atoms with van der Waals surface area (Å²) in [6.45, 7) is 1.79. The molecule has 3 N–H and O–H groups in total. The highest BCUT2D eigenvalue weighted by atomic mass is 19.1. The molecule has 0 aromatic heterocycles. The number of carbonyl (C=O) groups excluding carboxylic acids is 1. The van der Waals surface area contributed by atoms with E-state index < -0.39 is 5.91 Å². The maximum absolute atomic E-state index is 13.0. The van der Waals surface area contributed by atoms with Crippen LogP contribution in [0, 0.1) is 12.7 Å². The first-order chi connectivity index (χ1) is 6.09. The van der Waals surface area contributed by atoms with Gasteiger partial charge < -0.3 is 11.1 Å². The maximum atomic E-state index is 13.0. The highest BCUT2D eigenvalue weighted by Gasteiger charge is 2.01. The number of anilines is 1. The van der Waals surface area contributed by atoms with Crippen LogP contribution in [0.5, 0.6) is 0 Å². The molecule has 70 valence electrons. The van der Waals surface area contributed by atoms with E-state index in [1.165, 1.54) is 6.07 Å². The van der Waals surface area contributed by atoms with Crippen LogP contribution in [0.15, 0.2) is 18.2 Å². The van der Waals surface area contributed by atoms with Crippen LogP contribution < -0.4 is 11.1 Å². The molecule has 0 aliphatic heterocycles. The number of primary amides is 1. The lowest BCUT2D eigenvalue weighted by Crippen LogP contribution is -2.22. The lowest BCUT2D eigenvalue weighted by atomic mass is 10.2. The third-order valence-electron chi connectivity index (χ3n) is 1.57. The fourth-order valence-corrected chi connectivity index (χ4v) is 0.957. The topological polar surface area (TPSA) is 55.1 Å². The van der Waals surface area contributed by atoms with Crippen molar-refractivity contribution < 1.29 is 9.18 Å². The number of carbonyl (C=O) groups is 1. The standard InChI is InChI=1S/C9H11FN2O/c1-6-2-3-7(10)8(4-6)12-5-9(11)13/h2-4,12H,5H2,1H3,(H2,11,13). The number of aryl methyl sites for hydroxylation is 1. The van der Waals surface area contributed by atoms with Crippen molar-refractivity contribution in [3.8, 4) is 0 Å². The molecule has 0 aliphatic rings. The van der Waals surface area contributed by atoms with E-state index in [0.29, 0.717) is 5.69 Å². The molecule has 0 aliphatic carbocycles. The Bertz CT molecular complexity index is 325. The highest BCUT2D eigenvalue weighted by Crippen LogP contribution is 2.14. The van der Waals surface area contributed by atoms with Gasteiger partial charge in [-0.05, 0) is 24.6 Å². The van der Waals surface area contributed by atoms with Crippen molar-refractivity contribution in [1.29, 1.82) is 0 Å². The van der Waals surface area contributed by atoms with Gasteiger partial charge in [-0.2, -0.15) is 0 Å². The van der Waals surface area contributed by atoms with Crippen LogP contribution in [0.2, 0.25) is 0 Å². The van der Waals surface area contributed by atoms with Crippen LogP contribution >= 0.6 is 0 Å². The quantitative estimate of drug-likeness (QED) is 0.733. The molecule has 1 aromatic rings. The normalized spacial score (nSPS) is 9.69. The van der Waals surface area contributed by atoms with Crippen LogP contribution in [0.25, 0.3) is 0 Å². The Kier molecular flexibility index (Phi) is 2.84. The van der Waals surface area contributed by atoms with Gasteiger partial charge in [0.15, 0.2) is 0 Å². The number of halogens is 1. The Morgan fingerprint density at radius 3 is 2.92 bits per heavy atom. The second-order valence-corrected chi connectivity index (χ2v) is 2.80. The lowest BCUT2D eigenvalue weighted by Gasteiger charge is -2.05. The smallest absolute Gasteiger partial charge is 0.236 e. The van der Waals surface area contributed by atoms with E-state index in [1.54, 1.807) is 12.1 Å². The minimum Gasteiger partial charge on any atom is -0.374 e. The molecule has 0 radical (unpaired) electrons. The minimum absolute atomic E-state index is 0.0552. The number of hydrogen-bond donors (Lipinski definition) is 2. The van der Waals surface area contributed by atoms with Gasteiger partial charge in [0.2, 0.25) is 5.91 Å². The van der Waals surface area contributed by atoms with Gasteiger partial charge in [0.25, 0.3) is 0 Å². The molecule has 0 spiro atoms. The molecular formula is C9H11FN2O. The molecule has 0 saturated heterocycles. The molecule has 13 heavy (non-hydrogen) atoms. The number of amides is 1. The van der Waals surface area contributed by atoms with Gasteiger partial charge in [-0.15, -0.1) is 0 Å². The van der Waals surface area contributed by atoms with E-state index in [9.17, 15) is 9.18 Å². The number of rotatable bonds is 3. The Balaban J connectivity index is 2.75. The first kappa shape index (κ1) is 9.51. The predicted molar refractivity (Wildman–Crippen MR) is 48.8 cm³/mol. The molecule has 1 aromatic carbocycles. The van der Waals surface area contributed by atoms with Gasteiger partial charge in [0.1, 0.15) is 5.82 Å². The molecule has 0 saturated carbocycles. The van der Waals surface area contributed by atoms with E-state index in [4.69, 9.17) is 5.73 Å². The number of nitrogens with two attached hydrogens (primary N) is 1. The Morgan fingerprint density at radius 1 is 1.62 bits per heavy atom. The number of hydrogen-bond acceptors (Lipinski definition) is 2. The fourth-order valence-electron chi connectivity index (χ4n) is 0.957. The summed E-state index contributed by atoms with van der Waals surface area (Å²) in [5, 5.41) is 2.60. The monoisotopic (exact) mass is 182 g/mol. The Morgan fingerprint density at radius 2 is 2.31 bits per heavy atom. The fraction of sp³-hybridized carbons (Fsp3) is 0.222. The largest absolute Gasteiger partial charge is 0.374 e. The van der Waals surface area contributed by atoms with Gasteiger partial charge in [-0.1, -0.05) is 6.07 Å². The maximum Gasteiger partial charge on any atom is 0.236 e. The van der Waals surface area contributed by atoms with E-state index in [0.717, 1.165) is 5.56 Å². The van der Waals surface area contributed by atoms with Crippen molar-refractivity contribution in [3.05, 3.63) is 29.6 Å². The van der Waals surface area contributed by atoms with Gasteiger partial charge in [0, 0.05) is 0 Å². The van der Waals surface area contributed by atoms with Crippen LogP contribution in [0.4, 0.5) is 10.1 Å². The molecule has 1 rings (SSSR count). The molecule has 0 fully saturated rings. The first-order valence-corrected chi connectivity index (χ1v) is 3.88. The molecule has 0 atom stereocenters. The average molecular weight is 182 g/mol. The first-order valence-electron chi connectivity index (χ1n) is 3.88. The summed E-state index contributed by atoms with van der Waals surface area (Å²) in [6.07, 6.45) is 0. The summed E-state index contributed by atoms with van der Waals surface area (Å²) in [7, 11) is 0. The zero-order chi connectivity index (χ0) is 9.84. The zero-order valence-electron chi connectivity index (χ0n) is 7.30. The molecule has 1 amide bonds. The number of nitrogens with one attached hydrogen (secondary N) is 1. The van der Waals surface area contributed by atoms with Crippen molar-refractivity contribution in [2.45, 2.75) is 6.92 Å². The van der Waals surface area contributed by atoms with Crippen molar-refractivity contribution in [2.24, 2.45) is 5.73 Å². The summed E-state index contributed by atoms with van der Waals surface area (Å²) in [5.41, 5.74) is 6.13.